The molecule has 0 bridgehead atoms. The highest BCUT2D eigenvalue weighted by atomic mass is 32.2. The van der Waals surface area contributed by atoms with Crippen LogP contribution in [0.3, 0.4) is 0 Å². The van der Waals surface area contributed by atoms with Gasteiger partial charge in [-0.2, -0.15) is 18.2 Å². The van der Waals surface area contributed by atoms with Gasteiger partial charge in [0.1, 0.15) is 5.82 Å². The number of carboxylic acid groups (broad SMARTS) is 1. The summed E-state index contributed by atoms with van der Waals surface area (Å²) in [5.41, 5.74) is 6.35. The molecule has 43 heavy (non-hydrogen) atoms. The molecule has 0 saturated heterocycles. The van der Waals surface area contributed by atoms with Gasteiger partial charge in [0, 0.05) is 32.6 Å². The third-order valence-electron chi connectivity index (χ3n) is 6.76. The Labute approximate surface area is 248 Å². The van der Waals surface area contributed by atoms with Gasteiger partial charge in [0.05, 0.1) is 10.4 Å². The van der Waals surface area contributed by atoms with Gasteiger partial charge in [0.2, 0.25) is 16.0 Å². The van der Waals surface area contributed by atoms with E-state index in [0.717, 1.165) is 50.1 Å². The van der Waals surface area contributed by atoms with Crippen LogP contribution in [-0.2, 0) is 27.9 Å². The third kappa shape index (κ3) is 8.42. The Bertz CT molecular complexity index is 1700. The van der Waals surface area contributed by atoms with Crippen molar-refractivity contribution in [3.8, 4) is 0 Å². The maximum absolute atomic E-state index is 13.1. The molecule has 0 amide bonds. The van der Waals surface area contributed by atoms with E-state index in [-0.39, 0.29) is 6.54 Å². The summed E-state index contributed by atoms with van der Waals surface area (Å²) < 4.78 is 60.7. The number of alkyl halides is 3. The van der Waals surface area contributed by atoms with E-state index in [9.17, 15) is 21.6 Å². The summed E-state index contributed by atoms with van der Waals surface area (Å²) in [6.07, 6.45) is -5.08. The highest BCUT2D eigenvalue weighted by Gasteiger charge is 2.38. The number of nitrogens with one attached hydrogen (secondary N) is 2. The van der Waals surface area contributed by atoms with Crippen LogP contribution >= 0.6 is 0 Å². The first-order chi connectivity index (χ1) is 20.0. The van der Waals surface area contributed by atoms with E-state index >= 15 is 0 Å². The minimum Gasteiger partial charge on any atom is -0.475 e. The van der Waals surface area contributed by atoms with Gasteiger partial charge in [0.15, 0.2) is 0 Å². The maximum Gasteiger partial charge on any atom is 0.490 e. The number of hydrogen-bond donors (Lipinski definition) is 3. The van der Waals surface area contributed by atoms with E-state index in [2.05, 4.69) is 20.0 Å². The lowest BCUT2D eigenvalue weighted by molar-refractivity contribution is -0.192. The molecule has 3 aromatic carbocycles. The Hall–Kier alpha value is -4.23. The number of aryl methyl sites for hydroxylation is 2. The van der Waals surface area contributed by atoms with Crippen LogP contribution in [0, 0.1) is 27.7 Å². The predicted octanol–water partition coefficient (Wildman–Crippen LogP) is 5.65. The molecule has 0 saturated carbocycles. The molecule has 0 radical (unpaired) electrons. The summed E-state index contributed by atoms with van der Waals surface area (Å²) in [5.74, 6) is -1.33. The Kier molecular flexibility index (Phi) is 10.4. The topological polar surface area (TPSA) is 125 Å². The van der Waals surface area contributed by atoms with Gasteiger partial charge < -0.3 is 15.3 Å². The number of anilines is 2. The van der Waals surface area contributed by atoms with Gasteiger partial charge in [-0.05, 0) is 73.2 Å². The maximum atomic E-state index is 13.1. The number of sulfonamides is 1. The molecule has 13 heteroatoms. The zero-order valence-corrected chi connectivity index (χ0v) is 25.5. The molecule has 4 rings (SSSR count). The standard InChI is InChI=1S/C28H33N5O2S.C2HF3O2/c1-18-15-19(2)21(4)26(20(18)3)36(34,35)30-17-23-13-11-22(12-14-23)16-29-28-31-25-10-8-7-9-24(25)27(32-28)33(5)6;3-2(4,5)1(6)7/h7-15,30H,16-17H2,1-6H3,(H,29,31,32);(H,6,7). The summed E-state index contributed by atoms with van der Waals surface area (Å²) >= 11 is 0. The Morgan fingerprint density at radius 2 is 1.40 bits per heavy atom. The lowest BCUT2D eigenvalue weighted by Crippen LogP contribution is -2.25. The fraction of sp³-hybridized carbons (Fsp3) is 0.300. The van der Waals surface area contributed by atoms with E-state index in [0.29, 0.717) is 17.4 Å². The average Bonchev–Trinajstić information content (AvgIpc) is 2.94. The van der Waals surface area contributed by atoms with Gasteiger partial charge in [-0.3, -0.25) is 0 Å². The van der Waals surface area contributed by atoms with Gasteiger partial charge in [0.25, 0.3) is 0 Å². The second-order valence-corrected chi connectivity index (χ2v) is 11.9. The van der Waals surface area contributed by atoms with Gasteiger partial charge in [-0.1, -0.05) is 42.5 Å². The smallest absolute Gasteiger partial charge is 0.475 e. The number of benzene rings is 3. The van der Waals surface area contributed by atoms with Gasteiger partial charge in [-0.15, -0.1) is 0 Å². The van der Waals surface area contributed by atoms with Crippen LogP contribution in [0.25, 0.3) is 10.9 Å². The molecule has 0 atom stereocenters. The van der Waals surface area contributed by atoms with E-state index in [4.69, 9.17) is 9.90 Å². The van der Waals surface area contributed by atoms with Crippen LogP contribution in [0.2, 0.25) is 0 Å². The molecule has 4 aromatic rings. The molecule has 0 spiro atoms. The van der Waals surface area contributed by atoms with Crippen LogP contribution in [0.15, 0.2) is 59.5 Å². The van der Waals surface area contributed by atoms with Crippen LogP contribution in [0.4, 0.5) is 24.9 Å². The minimum atomic E-state index is -5.08. The van der Waals surface area contributed by atoms with Crippen LogP contribution in [0.1, 0.15) is 33.4 Å². The van der Waals surface area contributed by atoms with Crippen LogP contribution in [0.5, 0.6) is 0 Å². The van der Waals surface area contributed by atoms with Gasteiger partial charge >= 0.3 is 12.1 Å². The summed E-state index contributed by atoms with van der Waals surface area (Å²) in [7, 11) is 0.300. The zero-order valence-electron chi connectivity index (χ0n) is 24.7. The summed E-state index contributed by atoms with van der Waals surface area (Å²) in [5, 5.41) is 11.4. The molecule has 9 nitrogen and oxygen atoms in total. The van der Waals surface area contributed by atoms with E-state index in [1.807, 2.05) is 101 Å². The highest BCUT2D eigenvalue weighted by molar-refractivity contribution is 7.89. The van der Waals surface area contributed by atoms with E-state index < -0.39 is 22.2 Å². The second kappa shape index (κ2) is 13.4. The SMILES string of the molecule is Cc1cc(C)c(C)c(S(=O)(=O)NCc2ccc(CNc3nc(N(C)C)c4ccccc4n3)cc2)c1C.O=C(O)C(F)(F)F. The number of fused-ring (bicyclic) bond motifs is 1. The number of hydrogen-bond acceptors (Lipinski definition) is 7. The quantitative estimate of drug-likeness (QED) is 0.232. The number of aromatic nitrogens is 2. The normalized spacial score (nSPS) is 11.6. The molecule has 1 heterocycles. The Balaban J connectivity index is 0.000000646. The van der Waals surface area contributed by atoms with Crippen molar-refractivity contribution in [2.24, 2.45) is 0 Å². The first kappa shape index (κ1) is 33.3. The summed E-state index contributed by atoms with van der Waals surface area (Å²) in [4.78, 5) is 20.6. The number of halogens is 3. The monoisotopic (exact) mass is 617 g/mol. The average molecular weight is 618 g/mol. The number of carbonyl (C=O) groups is 1. The largest absolute Gasteiger partial charge is 0.490 e. The molecule has 230 valence electrons. The molecule has 0 aliphatic carbocycles. The van der Waals surface area contributed by atoms with E-state index in [1.54, 1.807) is 0 Å². The predicted molar refractivity (Wildman–Crippen MR) is 161 cm³/mol. The second-order valence-electron chi connectivity index (χ2n) is 10.2. The lowest BCUT2D eigenvalue weighted by atomic mass is 10.0. The van der Waals surface area contributed by atoms with Crippen molar-refractivity contribution in [2.45, 2.75) is 51.9 Å². The number of nitrogens with zero attached hydrogens (tertiary/aromatic N) is 3. The molecular weight excluding hydrogens is 583 g/mol. The number of aliphatic carboxylic acids is 1. The van der Waals surface area contributed by atoms with Crippen LogP contribution in [-0.4, -0.2) is 49.7 Å². The van der Waals surface area contributed by atoms with Crippen molar-refractivity contribution in [1.82, 2.24) is 14.7 Å². The van der Waals surface area contributed by atoms with Crippen molar-refractivity contribution < 1.29 is 31.5 Å². The van der Waals surface area contributed by atoms with Crippen molar-refractivity contribution in [3.05, 3.63) is 88.0 Å². The first-order valence-corrected chi connectivity index (χ1v) is 14.6. The molecular formula is C30H34F3N5O4S. The first-order valence-electron chi connectivity index (χ1n) is 13.1. The van der Waals surface area contributed by atoms with Crippen molar-refractivity contribution in [2.75, 3.05) is 24.3 Å². The highest BCUT2D eigenvalue weighted by Crippen LogP contribution is 2.26. The third-order valence-corrected chi connectivity index (χ3v) is 8.43. The molecule has 0 unspecified atom stereocenters. The Morgan fingerprint density at radius 3 is 1.91 bits per heavy atom. The molecule has 3 N–H and O–H groups in total. The van der Waals surface area contributed by atoms with Gasteiger partial charge in [-0.25, -0.2) is 22.9 Å². The number of rotatable bonds is 8. The Morgan fingerprint density at radius 1 is 0.884 bits per heavy atom. The fourth-order valence-corrected chi connectivity index (χ4v) is 5.90. The summed E-state index contributed by atoms with van der Waals surface area (Å²) in [6.45, 7) is 8.38. The molecule has 0 aliphatic rings. The molecule has 1 aromatic heterocycles. The molecule has 0 fully saturated rings. The minimum absolute atomic E-state index is 0.224. The number of carboxylic acids is 1. The van der Waals surface area contributed by atoms with Crippen LogP contribution < -0.4 is 14.9 Å². The van der Waals surface area contributed by atoms with Crippen molar-refractivity contribution in [3.63, 3.8) is 0 Å². The van der Waals surface area contributed by atoms with Crippen molar-refractivity contribution in [1.29, 1.82) is 0 Å². The number of para-hydroxylation sites is 1. The zero-order chi connectivity index (χ0) is 32.1. The fourth-order valence-electron chi connectivity index (χ4n) is 4.27. The molecule has 0 aliphatic heterocycles. The van der Waals surface area contributed by atoms with E-state index in [1.165, 1.54) is 0 Å². The lowest BCUT2D eigenvalue weighted by Gasteiger charge is -2.16. The summed E-state index contributed by atoms with van der Waals surface area (Å²) in [6, 6.07) is 17.8. The van der Waals surface area contributed by atoms with Crippen molar-refractivity contribution >= 4 is 38.7 Å².